The van der Waals surface area contributed by atoms with Gasteiger partial charge in [-0.2, -0.15) is 5.10 Å². The van der Waals surface area contributed by atoms with E-state index < -0.39 is 0 Å². The number of carbonyl (C=O) groups is 2. The van der Waals surface area contributed by atoms with Crippen LogP contribution >= 0.6 is 15.9 Å². The second-order valence-electron chi connectivity index (χ2n) is 5.44. The molecule has 27 heavy (non-hydrogen) atoms. The van der Waals surface area contributed by atoms with Gasteiger partial charge in [-0.15, -0.1) is 0 Å². The van der Waals surface area contributed by atoms with E-state index in [-0.39, 0.29) is 24.7 Å². The van der Waals surface area contributed by atoms with E-state index in [2.05, 4.69) is 31.8 Å². The molecule has 2 aromatic carbocycles. The van der Waals surface area contributed by atoms with Gasteiger partial charge in [0.1, 0.15) is 11.5 Å². The molecule has 0 bridgehead atoms. The Morgan fingerprint density at radius 2 is 1.70 bits per heavy atom. The summed E-state index contributed by atoms with van der Waals surface area (Å²) < 4.78 is 11.2. The molecule has 2 N–H and O–H groups in total. The lowest BCUT2D eigenvalue weighted by atomic mass is 10.2. The zero-order chi connectivity index (χ0) is 19.6. The Morgan fingerprint density at radius 1 is 1.04 bits per heavy atom. The van der Waals surface area contributed by atoms with E-state index in [9.17, 15) is 9.59 Å². The highest BCUT2D eigenvalue weighted by Crippen LogP contribution is 2.31. The Morgan fingerprint density at radius 3 is 2.37 bits per heavy atom. The minimum atomic E-state index is -0.360. The van der Waals surface area contributed by atoms with Crippen molar-refractivity contribution in [1.29, 1.82) is 0 Å². The predicted molar refractivity (Wildman–Crippen MR) is 107 cm³/mol. The van der Waals surface area contributed by atoms with Crippen LogP contribution in [0.4, 0.5) is 5.69 Å². The van der Waals surface area contributed by atoms with E-state index in [1.54, 1.807) is 31.4 Å². The lowest BCUT2D eigenvalue weighted by Crippen LogP contribution is -2.20. The van der Waals surface area contributed by atoms with Crippen LogP contribution in [0.2, 0.25) is 0 Å². The van der Waals surface area contributed by atoms with E-state index in [1.165, 1.54) is 13.3 Å². The van der Waals surface area contributed by atoms with Crippen LogP contribution in [0.5, 0.6) is 11.5 Å². The van der Waals surface area contributed by atoms with Crippen molar-refractivity contribution in [1.82, 2.24) is 5.43 Å². The zero-order valence-corrected chi connectivity index (χ0v) is 16.6. The van der Waals surface area contributed by atoms with Gasteiger partial charge >= 0.3 is 0 Å². The van der Waals surface area contributed by atoms with Crippen molar-refractivity contribution in [3.8, 4) is 11.5 Å². The molecule has 2 amide bonds. The summed E-state index contributed by atoms with van der Waals surface area (Å²) in [4.78, 5) is 23.7. The summed E-state index contributed by atoms with van der Waals surface area (Å²) >= 11 is 3.39. The van der Waals surface area contributed by atoms with Gasteiger partial charge in [0.15, 0.2) is 0 Å². The molecule has 0 atom stereocenters. The molecule has 142 valence electrons. The fraction of sp³-hybridized carbons (Fsp3) is 0.211. The first-order valence-corrected chi connectivity index (χ1v) is 8.91. The number of methoxy groups -OCH3 is 2. The van der Waals surface area contributed by atoms with Gasteiger partial charge in [-0.25, -0.2) is 5.43 Å². The smallest absolute Gasteiger partial charge is 0.240 e. The second-order valence-corrected chi connectivity index (χ2v) is 6.29. The largest absolute Gasteiger partial charge is 0.496 e. The third kappa shape index (κ3) is 6.41. The van der Waals surface area contributed by atoms with Gasteiger partial charge in [-0.1, -0.05) is 18.2 Å². The van der Waals surface area contributed by atoms with Crippen LogP contribution in [0.15, 0.2) is 52.0 Å². The van der Waals surface area contributed by atoms with Gasteiger partial charge in [-0.05, 0) is 34.1 Å². The summed E-state index contributed by atoms with van der Waals surface area (Å²) in [5.41, 5.74) is 3.75. The Bertz CT molecular complexity index is 825. The molecule has 2 aromatic rings. The molecule has 0 aromatic heterocycles. The molecule has 0 aliphatic heterocycles. The molecule has 8 heteroatoms. The molecular weight excluding hydrogens is 414 g/mol. The van der Waals surface area contributed by atoms with Crippen molar-refractivity contribution >= 4 is 39.6 Å². The first kappa shape index (κ1) is 20.4. The van der Waals surface area contributed by atoms with E-state index in [1.807, 2.05) is 18.2 Å². The number of carbonyl (C=O) groups excluding carboxylic acids is 2. The molecule has 0 aliphatic rings. The Kier molecular flexibility index (Phi) is 7.81. The number of para-hydroxylation sites is 1. The number of amides is 2. The van der Waals surface area contributed by atoms with Crippen molar-refractivity contribution in [3.63, 3.8) is 0 Å². The number of nitrogens with one attached hydrogen (secondary N) is 2. The SMILES string of the molecule is COc1cc(OC)c(/C=N\NC(=O)CCC(=O)Nc2ccccc2)cc1Br. The average molecular weight is 434 g/mol. The summed E-state index contributed by atoms with van der Waals surface area (Å²) in [5, 5.41) is 6.63. The Hall–Kier alpha value is -2.87. The van der Waals surface area contributed by atoms with Crippen molar-refractivity contribution < 1.29 is 19.1 Å². The van der Waals surface area contributed by atoms with Gasteiger partial charge < -0.3 is 14.8 Å². The maximum Gasteiger partial charge on any atom is 0.240 e. The monoisotopic (exact) mass is 433 g/mol. The van der Waals surface area contributed by atoms with Crippen molar-refractivity contribution in [2.24, 2.45) is 5.10 Å². The first-order valence-electron chi connectivity index (χ1n) is 8.11. The van der Waals surface area contributed by atoms with Crippen LogP contribution in [0.25, 0.3) is 0 Å². The Balaban J connectivity index is 1.84. The molecule has 0 heterocycles. The van der Waals surface area contributed by atoms with Crippen molar-refractivity contribution in [2.45, 2.75) is 12.8 Å². The van der Waals surface area contributed by atoms with Crippen molar-refractivity contribution in [3.05, 3.63) is 52.5 Å². The molecule has 7 nitrogen and oxygen atoms in total. The molecule has 0 fully saturated rings. The topological polar surface area (TPSA) is 89.0 Å². The molecule has 0 radical (unpaired) electrons. The number of hydrogen-bond donors (Lipinski definition) is 2. The van der Waals surface area contributed by atoms with Crippen LogP contribution in [0.3, 0.4) is 0 Å². The third-order valence-corrected chi connectivity index (χ3v) is 4.15. The quantitative estimate of drug-likeness (QED) is 0.493. The highest BCUT2D eigenvalue weighted by Gasteiger charge is 2.09. The molecule has 2 rings (SSSR count). The number of hydrazone groups is 1. The fourth-order valence-electron chi connectivity index (χ4n) is 2.19. The molecule has 0 unspecified atom stereocenters. The van der Waals surface area contributed by atoms with Gasteiger partial charge in [0.05, 0.1) is 24.9 Å². The Labute approximate surface area is 165 Å². The minimum absolute atomic E-state index is 0.0272. The summed E-state index contributed by atoms with van der Waals surface area (Å²) in [6, 6.07) is 12.5. The fourth-order valence-corrected chi connectivity index (χ4v) is 2.71. The third-order valence-electron chi connectivity index (χ3n) is 3.53. The van der Waals surface area contributed by atoms with Crippen LogP contribution < -0.4 is 20.2 Å². The van der Waals surface area contributed by atoms with Gasteiger partial charge in [0, 0.05) is 30.2 Å². The number of halogens is 1. The highest BCUT2D eigenvalue weighted by atomic mass is 79.9. The highest BCUT2D eigenvalue weighted by molar-refractivity contribution is 9.10. The normalized spacial score (nSPS) is 10.5. The van der Waals surface area contributed by atoms with Crippen LogP contribution in [-0.4, -0.2) is 32.2 Å². The first-order chi connectivity index (χ1) is 13.0. The summed E-state index contributed by atoms with van der Waals surface area (Å²) in [7, 11) is 3.09. The summed E-state index contributed by atoms with van der Waals surface area (Å²) in [5.74, 6) is 0.579. The van der Waals surface area contributed by atoms with Gasteiger partial charge in [0.25, 0.3) is 0 Å². The molecule has 0 saturated carbocycles. The maximum absolute atomic E-state index is 11.8. The second kappa shape index (κ2) is 10.3. The van der Waals surface area contributed by atoms with E-state index in [4.69, 9.17) is 9.47 Å². The predicted octanol–water partition coefficient (Wildman–Crippen LogP) is 3.34. The summed E-state index contributed by atoms with van der Waals surface area (Å²) in [6.07, 6.45) is 1.55. The van der Waals surface area contributed by atoms with E-state index in [0.29, 0.717) is 22.7 Å². The molecular formula is C19H20BrN3O4. The van der Waals surface area contributed by atoms with E-state index in [0.717, 1.165) is 4.47 Å². The molecule has 0 spiro atoms. The number of nitrogens with zero attached hydrogens (tertiary/aromatic N) is 1. The number of rotatable bonds is 8. The maximum atomic E-state index is 11.8. The van der Waals surface area contributed by atoms with Crippen molar-refractivity contribution in [2.75, 3.05) is 19.5 Å². The van der Waals surface area contributed by atoms with Crippen LogP contribution in [-0.2, 0) is 9.59 Å². The van der Waals surface area contributed by atoms with Gasteiger partial charge in [0.2, 0.25) is 11.8 Å². The number of ether oxygens (including phenoxy) is 2. The van der Waals surface area contributed by atoms with Crippen LogP contribution in [0, 0.1) is 0 Å². The van der Waals surface area contributed by atoms with Gasteiger partial charge in [-0.3, -0.25) is 9.59 Å². The number of anilines is 1. The standard InChI is InChI=1S/C19H20BrN3O4/c1-26-16-11-17(27-2)15(20)10-13(16)12-21-23-19(25)9-8-18(24)22-14-6-4-3-5-7-14/h3-7,10-12H,8-9H2,1-2H3,(H,22,24)(H,23,25)/b21-12-. The lowest BCUT2D eigenvalue weighted by molar-refractivity contribution is -0.124. The zero-order valence-electron chi connectivity index (χ0n) is 15.0. The lowest BCUT2D eigenvalue weighted by Gasteiger charge is -2.09. The number of benzene rings is 2. The van der Waals surface area contributed by atoms with Crippen LogP contribution in [0.1, 0.15) is 18.4 Å². The minimum Gasteiger partial charge on any atom is -0.496 e. The van der Waals surface area contributed by atoms with E-state index >= 15 is 0 Å². The molecule has 0 aliphatic carbocycles. The number of hydrogen-bond acceptors (Lipinski definition) is 5. The average Bonchev–Trinajstić information content (AvgIpc) is 2.67. The molecule has 0 saturated heterocycles. The summed E-state index contributed by atoms with van der Waals surface area (Å²) in [6.45, 7) is 0.